The van der Waals surface area contributed by atoms with Crippen LogP contribution in [0.25, 0.3) is 10.9 Å². The van der Waals surface area contributed by atoms with E-state index < -0.39 is 25.9 Å². The molecule has 0 saturated carbocycles. The maximum atomic E-state index is 13.6. The largest absolute Gasteiger partial charge is 0.383 e. The highest BCUT2D eigenvalue weighted by atomic mass is 28.3. The standard InChI is InChI=1S/C27H37FN6O4Si/c1-17-15-33(22(12-23(17)37-2)18-6-8-19(28)9-7-18)27(36)26(35)32-21-14-30-25(29)20-13-31-34(24(20)21)16-38-10-11-39(3,4)5/h6-9,13-14,17,22-23H,10-12,15-16H2,1-5H3,(H2,29,30)(H,32,35). The topological polar surface area (TPSA) is 125 Å². The number of ether oxygens (including phenoxy) is 2. The van der Waals surface area contributed by atoms with Crippen LogP contribution >= 0.6 is 0 Å². The molecule has 210 valence electrons. The molecule has 3 heterocycles. The number of nitrogens with zero attached hydrogens (tertiary/aromatic N) is 4. The molecule has 2 amide bonds. The van der Waals surface area contributed by atoms with Crippen LogP contribution in [0.3, 0.4) is 0 Å². The number of hydrogen-bond donors (Lipinski definition) is 2. The van der Waals surface area contributed by atoms with E-state index in [2.05, 4.69) is 35.0 Å². The number of halogens is 1. The fourth-order valence-electron chi connectivity index (χ4n) is 4.84. The van der Waals surface area contributed by atoms with Gasteiger partial charge in [0.15, 0.2) is 0 Å². The van der Waals surface area contributed by atoms with Crippen LogP contribution in [-0.4, -0.2) is 65.9 Å². The van der Waals surface area contributed by atoms with Crippen molar-refractivity contribution < 1.29 is 23.5 Å². The van der Waals surface area contributed by atoms with Crippen molar-refractivity contribution in [3.05, 3.63) is 48.0 Å². The quantitative estimate of drug-likeness (QED) is 0.244. The number of aromatic nitrogens is 3. The van der Waals surface area contributed by atoms with Gasteiger partial charge in [0.2, 0.25) is 0 Å². The number of carbonyl (C=O) groups is 2. The molecular formula is C27H37FN6O4Si. The smallest absolute Gasteiger partial charge is 0.314 e. The molecule has 1 saturated heterocycles. The van der Waals surface area contributed by atoms with Crippen LogP contribution in [0.15, 0.2) is 36.7 Å². The lowest BCUT2D eigenvalue weighted by Crippen LogP contribution is -2.50. The highest BCUT2D eigenvalue weighted by Gasteiger charge is 2.39. The Bertz CT molecular complexity index is 1330. The summed E-state index contributed by atoms with van der Waals surface area (Å²) >= 11 is 0. The molecule has 1 fully saturated rings. The highest BCUT2D eigenvalue weighted by molar-refractivity contribution is 6.76. The number of nitrogens with one attached hydrogen (secondary N) is 1. The van der Waals surface area contributed by atoms with Crippen LogP contribution in [0.5, 0.6) is 0 Å². The van der Waals surface area contributed by atoms with Crippen molar-refractivity contribution in [3.8, 4) is 0 Å². The monoisotopic (exact) mass is 556 g/mol. The van der Waals surface area contributed by atoms with E-state index in [1.54, 1.807) is 30.1 Å². The van der Waals surface area contributed by atoms with Gasteiger partial charge in [-0.2, -0.15) is 5.10 Å². The van der Waals surface area contributed by atoms with Gasteiger partial charge in [0.25, 0.3) is 0 Å². The summed E-state index contributed by atoms with van der Waals surface area (Å²) in [7, 11) is 0.370. The Morgan fingerprint density at radius 3 is 2.59 bits per heavy atom. The Labute approximate surface area is 228 Å². The second-order valence-electron chi connectivity index (χ2n) is 11.3. The van der Waals surface area contributed by atoms with Gasteiger partial charge in [-0.25, -0.2) is 14.1 Å². The number of nitrogens with two attached hydrogens (primary N) is 1. The van der Waals surface area contributed by atoms with Crippen LogP contribution < -0.4 is 11.1 Å². The molecular weight excluding hydrogens is 519 g/mol. The summed E-state index contributed by atoms with van der Waals surface area (Å²) in [6.07, 6.45) is 3.36. The summed E-state index contributed by atoms with van der Waals surface area (Å²) in [5.41, 5.74) is 7.63. The Kier molecular flexibility index (Phi) is 8.67. The summed E-state index contributed by atoms with van der Waals surface area (Å²) in [4.78, 5) is 32.6. The summed E-state index contributed by atoms with van der Waals surface area (Å²) in [6, 6.07) is 6.52. The number of pyridine rings is 1. The van der Waals surface area contributed by atoms with Gasteiger partial charge >= 0.3 is 11.8 Å². The van der Waals surface area contributed by atoms with Gasteiger partial charge < -0.3 is 25.4 Å². The number of benzene rings is 1. The zero-order valence-corrected chi connectivity index (χ0v) is 24.1. The molecule has 1 aromatic carbocycles. The first-order valence-electron chi connectivity index (χ1n) is 13.1. The molecule has 0 aliphatic carbocycles. The van der Waals surface area contributed by atoms with E-state index in [1.807, 2.05) is 6.92 Å². The molecule has 0 radical (unpaired) electrons. The van der Waals surface area contributed by atoms with E-state index in [0.29, 0.717) is 36.2 Å². The zero-order chi connectivity index (χ0) is 28.3. The average Bonchev–Trinajstić information content (AvgIpc) is 3.33. The number of methoxy groups -OCH3 is 1. The highest BCUT2D eigenvalue weighted by Crippen LogP contribution is 2.35. The second kappa shape index (κ2) is 11.8. The molecule has 1 aliphatic heterocycles. The molecule has 3 N–H and O–H groups in total. The van der Waals surface area contributed by atoms with E-state index in [0.717, 1.165) is 11.6 Å². The van der Waals surface area contributed by atoms with Gasteiger partial charge in [0, 0.05) is 34.3 Å². The van der Waals surface area contributed by atoms with Gasteiger partial charge in [0.05, 0.1) is 41.1 Å². The zero-order valence-electron chi connectivity index (χ0n) is 23.1. The molecule has 3 unspecified atom stereocenters. The number of likely N-dealkylation sites (tertiary alicyclic amines) is 1. The van der Waals surface area contributed by atoms with E-state index in [9.17, 15) is 14.0 Å². The van der Waals surface area contributed by atoms with Gasteiger partial charge in [-0.05, 0) is 30.2 Å². The Hall–Kier alpha value is -3.35. The molecule has 39 heavy (non-hydrogen) atoms. The van der Waals surface area contributed by atoms with Crippen molar-refractivity contribution in [3.63, 3.8) is 0 Å². The third kappa shape index (κ3) is 6.63. The van der Waals surface area contributed by atoms with E-state index in [-0.39, 0.29) is 30.4 Å². The minimum absolute atomic E-state index is 0.00286. The number of fused-ring (bicyclic) bond motifs is 1. The van der Waals surface area contributed by atoms with Crippen LogP contribution in [0.2, 0.25) is 25.7 Å². The average molecular weight is 557 g/mol. The number of hydrogen-bond acceptors (Lipinski definition) is 7. The molecule has 0 spiro atoms. The number of carbonyl (C=O) groups excluding carboxylic acids is 2. The summed E-state index contributed by atoms with van der Waals surface area (Å²) in [5, 5.41) is 7.64. The molecule has 1 aliphatic rings. The fourth-order valence-corrected chi connectivity index (χ4v) is 5.59. The molecule has 3 aromatic rings. The number of rotatable bonds is 8. The fraction of sp³-hybridized carbons (Fsp3) is 0.481. The lowest BCUT2D eigenvalue weighted by molar-refractivity contribution is -0.149. The number of amides is 2. The molecule has 10 nitrogen and oxygen atoms in total. The summed E-state index contributed by atoms with van der Waals surface area (Å²) in [5.74, 6) is -1.63. The SMILES string of the molecule is COC1CC(c2ccc(F)cc2)N(C(=O)C(=O)Nc2cnc(N)c3cnn(COCC[Si](C)(C)C)c23)CC1C. The van der Waals surface area contributed by atoms with E-state index in [1.165, 1.54) is 23.2 Å². The summed E-state index contributed by atoms with van der Waals surface area (Å²) < 4.78 is 26.7. The first-order chi connectivity index (χ1) is 18.5. The second-order valence-corrected chi connectivity index (χ2v) is 16.9. The lowest BCUT2D eigenvalue weighted by Gasteiger charge is -2.42. The van der Waals surface area contributed by atoms with Crippen molar-refractivity contribution in [2.45, 2.75) is 57.9 Å². The van der Waals surface area contributed by atoms with Gasteiger partial charge in [-0.15, -0.1) is 0 Å². The van der Waals surface area contributed by atoms with Crippen molar-refractivity contribution in [2.75, 3.05) is 31.3 Å². The lowest BCUT2D eigenvalue weighted by atomic mass is 9.87. The van der Waals surface area contributed by atoms with Gasteiger partial charge in [0.1, 0.15) is 18.4 Å². The Morgan fingerprint density at radius 2 is 1.92 bits per heavy atom. The number of nitrogen functional groups attached to an aromatic ring is 1. The first kappa shape index (κ1) is 28.6. The number of piperidine rings is 1. The number of anilines is 2. The van der Waals surface area contributed by atoms with Crippen LogP contribution in [0, 0.1) is 11.7 Å². The molecule has 3 atom stereocenters. The normalized spacial score (nSPS) is 19.8. The van der Waals surface area contributed by atoms with Gasteiger partial charge in [-0.1, -0.05) is 38.7 Å². The molecule has 4 rings (SSSR count). The minimum Gasteiger partial charge on any atom is -0.383 e. The van der Waals surface area contributed by atoms with Crippen LogP contribution in [0.4, 0.5) is 15.9 Å². The predicted octanol–water partition coefficient (Wildman–Crippen LogP) is 4.03. The molecule has 0 bridgehead atoms. The van der Waals surface area contributed by atoms with Crippen molar-refractivity contribution in [2.24, 2.45) is 5.92 Å². The van der Waals surface area contributed by atoms with E-state index in [4.69, 9.17) is 15.2 Å². The van der Waals surface area contributed by atoms with Gasteiger partial charge in [-0.3, -0.25) is 9.59 Å². The Balaban J connectivity index is 1.56. The maximum absolute atomic E-state index is 13.6. The third-order valence-corrected chi connectivity index (χ3v) is 8.83. The molecule has 12 heteroatoms. The van der Waals surface area contributed by atoms with Crippen LogP contribution in [0.1, 0.15) is 24.9 Å². The van der Waals surface area contributed by atoms with Crippen molar-refractivity contribution >= 4 is 42.3 Å². The Morgan fingerprint density at radius 1 is 1.21 bits per heavy atom. The van der Waals surface area contributed by atoms with E-state index >= 15 is 0 Å². The van der Waals surface area contributed by atoms with Crippen LogP contribution in [-0.2, 0) is 25.8 Å². The predicted molar refractivity (Wildman–Crippen MR) is 150 cm³/mol. The summed E-state index contributed by atoms with van der Waals surface area (Å²) in [6.45, 7) is 9.87. The maximum Gasteiger partial charge on any atom is 0.314 e. The van der Waals surface area contributed by atoms with Crippen molar-refractivity contribution in [1.82, 2.24) is 19.7 Å². The molecule has 2 aromatic heterocycles. The van der Waals surface area contributed by atoms with Crippen molar-refractivity contribution in [1.29, 1.82) is 0 Å². The first-order valence-corrected chi connectivity index (χ1v) is 16.8. The third-order valence-electron chi connectivity index (χ3n) is 7.13. The minimum atomic E-state index is -1.26.